The molecule has 136 valence electrons. The second-order valence-electron chi connectivity index (χ2n) is 5.24. The van der Waals surface area contributed by atoms with Gasteiger partial charge in [0.2, 0.25) is 0 Å². The number of carbonyl (C=O) groups excluding carboxylic acids is 2. The van der Waals surface area contributed by atoms with Crippen molar-refractivity contribution in [1.82, 2.24) is 9.97 Å². The van der Waals surface area contributed by atoms with Crippen LogP contribution in [0.4, 0.5) is 5.13 Å². The molecule has 2 aromatic heterocycles. The Balaban J connectivity index is 1.64. The van der Waals surface area contributed by atoms with Crippen molar-refractivity contribution in [2.45, 2.75) is 13.5 Å². The van der Waals surface area contributed by atoms with Gasteiger partial charge in [0, 0.05) is 19.0 Å². The lowest BCUT2D eigenvalue weighted by Gasteiger charge is -2.17. The molecular weight excluding hydrogens is 374 g/mol. The molecule has 0 unspecified atom stereocenters. The molecule has 7 nitrogen and oxygen atoms in total. The number of aromatic nitrogens is 2. The van der Waals surface area contributed by atoms with Crippen LogP contribution < -0.4 is 4.90 Å². The molecule has 9 heteroatoms. The second-order valence-corrected chi connectivity index (χ2v) is 7.19. The van der Waals surface area contributed by atoms with Gasteiger partial charge in [-0.2, -0.15) is 0 Å². The van der Waals surface area contributed by atoms with Gasteiger partial charge in [0.25, 0.3) is 5.91 Å². The molecule has 3 rings (SSSR count). The van der Waals surface area contributed by atoms with E-state index in [0.717, 1.165) is 10.2 Å². The summed E-state index contributed by atoms with van der Waals surface area (Å²) in [6, 6.07) is 7.68. The maximum atomic E-state index is 12.5. The quantitative estimate of drug-likeness (QED) is 0.576. The van der Waals surface area contributed by atoms with Gasteiger partial charge in [-0.3, -0.25) is 9.69 Å². The van der Waals surface area contributed by atoms with E-state index in [4.69, 9.17) is 9.47 Å². The van der Waals surface area contributed by atoms with E-state index >= 15 is 0 Å². The molecule has 0 saturated carbocycles. The summed E-state index contributed by atoms with van der Waals surface area (Å²) in [4.78, 5) is 34.6. The normalized spacial score (nSPS) is 10.8. The number of amides is 1. The van der Waals surface area contributed by atoms with Crippen molar-refractivity contribution in [3.63, 3.8) is 0 Å². The van der Waals surface area contributed by atoms with Crippen molar-refractivity contribution in [2.75, 3.05) is 25.2 Å². The summed E-state index contributed by atoms with van der Waals surface area (Å²) in [5.74, 6) is -0.954. The lowest BCUT2D eigenvalue weighted by molar-refractivity contribution is -0.121. The van der Waals surface area contributed by atoms with Gasteiger partial charge in [-0.25, -0.2) is 14.8 Å². The van der Waals surface area contributed by atoms with Crippen molar-refractivity contribution in [1.29, 1.82) is 0 Å². The molecule has 0 N–H and O–H groups in total. The maximum absolute atomic E-state index is 12.5. The van der Waals surface area contributed by atoms with Gasteiger partial charge in [-0.05, 0) is 19.1 Å². The highest BCUT2D eigenvalue weighted by Crippen LogP contribution is 2.28. The second kappa shape index (κ2) is 8.35. The van der Waals surface area contributed by atoms with E-state index in [0.29, 0.717) is 23.3 Å². The maximum Gasteiger partial charge on any atom is 0.358 e. The van der Waals surface area contributed by atoms with Crippen LogP contribution in [0.15, 0.2) is 29.6 Å². The Morgan fingerprint density at radius 2 is 2.04 bits per heavy atom. The third kappa shape index (κ3) is 4.06. The number of hydrogen-bond donors (Lipinski definition) is 0. The first-order valence-corrected chi connectivity index (χ1v) is 9.58. The van der Waals surface area contributed by atoms with Crippen LogP contribution in [0.2, 0.25) is 0 Å². The summed E-state index contributed by atoms with van der Waals surface area (Å²) in [5.41, 5.74) is 1.02. The molecule has 0 aliphatic rings. The zero-order valence-electron chi connectivity index (χ0n) is 14.3. The van der Waals surface area contributed by atoms with Gasteiger partial charge in [-0.1, -0.05) is 23.5 Å². The lowest BCUT2D eigenvalue weighted by Crippen LogP contribution is -2.34. The summed E-state index contributed by atoms with van der Waals surface area (Å²) in [7, 11) is 1.55. The predicted octanol–water partition coefficient (Wildman–Crippen LogP) is 3.11. The number of nitrogens with zero attached hydrogens (tertiary/aromatic N) is 3. The number of ether oxygens (including phenoxy) is 2. The molecule has 0 bridgehead atoms. The SMILES string of the molecule is CCN(C(=O)COC(=O)c1csc(COC)n1)c1nc2ccccc2s1. The molecule has 0 aliphatic heterocycles. The van der Waals surface area contributed by atoms with Crippen molar-refractivity contribution in [2.24, 2.45) is 0 Å². The summed E-state index contributed by atoms with van der Waals surface area (Å²) in [6.45, 7) is 2.26. The van der Waals surface area contributed by atoms with E-state index < -0.39 is 5.97 Å². The van der Waals surface area contributed by atoms with E-state index in [9.17, 15) is 9.59 Å². The Morgan fingerprint density at radius 3 is 2.77 bits per heavy atom. The largest absolute Gasteiger partial charge is 0.451 e. The number of hydrogen-bond acceptors (Lipinski definition) is 8. The number of likely N-dealkylation sites (N-methyl/N-ethyl adjacent to an activating group) is 1. The third-order valence-electron chi connectivity index (χ3n) is 3.49. The molecular formula is C17H17N3O4S2. The van der Waals surface area contributed by atoms with Gasteiger partial charge in [0.05, 0.1) is 16.8 Å². The molecule has 0 spiro atoms. The molecule has 0 atom stereocenters. The van der Waals surface area contributed by atoms with Crippen LogP contribution in [0, 0.1) is 0 Å². The van der Waals surface area contributed by atoms with Crippen LogP contribution in [0.3, 0.4) is 0 Å². The van der Waals surface area contributed by atoms with E-state index in [2.05, 4.69) is 9.97 Å². The highest BCUT2D eigenvalue weighted by Gasteiger charge is 2.21. The van der Waals surface area contributed by atoms with Crippen LogP contribution in [-0.2, 0) is 20.9 Å². The molecule has 0 radical (unpaired) electrons. The van der Waals surface area contributed by atoms with Crippen molar-refractivity contribution >= 4 is 49.9 Å². The first kappa shape index (κ1) is 18.4. The van der Waals surface area contributed by atoms with Crippen molar-refractivity contribution in [3.05, 3.63) is 40.3 Å². The lowest BCUT2D eigenvalue weighted by atomic mass is 10.3. The van der Waals surface area contributed by atoms with Gasteiger partial charge in [0.1, 0.15) is 5.01 Å². The number of benzene rings is 1. The van der Waals surface area contributed by atoms with Crippen molar-refractivity contribution in [3.8, 4) is 0 Å². The Hall–Kier alpha value is -2.36. The zero-order chi connectivity index (χ0) is 18.5. The predicted molar refractivity (Wildman–Crippen MR) is 101 cm³/mol. The number of anilines is 1. The fourth-order valence-corrected chi connectivity index (χ4v) is 4.05. The molecule has 0 saturated heterocycles. The minimum atomic E-state index is -0.627. The summed E-state index contributed by atoms with van der Waals surface area (Å²) >= 11 is 2.73. The minimum absolute atomic E-state index is 0.179. The van der Waals surface area contributed by atoms with Gasteiger partial charge in [0.15, 0.2) is 17.4 Å². The van der Waals surface area contributed by atoms with E-state index in [1.165, 1.54) is 27.6 Å². The standard InChI is InChI=1S/C17H17N3O4S2/c1-3-20(17-19-11-6-4-5-7-13(11)26-17)15(21)9-24-16(22)12-10-25-14(18-12)8-23-2/h4-7,10H,3,8-9H2,1-2H3. The number of rotatable bonds is 7. The highest BCUT2D eigenvalue weighted by atomic mass is 32.1. The highest BCUT2D eigenvalue weighted by molar-refractivity contribution is 7.22. The molecule has 0 aliphatic carbocycles. The third-order valence-corrected chi connectivity index (χ3v) is 5.37. The first-order chi connectivity index (χ1) is 12.6. The Bertz CT molecular complexity index is 889. The van der Waals surface area contributed by atoms with Crippen LogP contribution in [0.1, 0.15) is 22.4 Å². The van der Waals surface area contributed by atoms with Crippen LogP contribution in [0.25, 0.3) is 10.2 Å². The Labute approximate surface area is 158 Å². The van der Waals surface area contributed by atoms with Gasteiger partial charge < -0.3 is 9.47 Å². The van der Waals surface area contributed by atoms with Crippen LogP contribution >= 0.6 is 22.7 Å². The first-order valence-electron chi connectivity index (χ1n) is 7.88. The number of esters is 1. The molecule has 3 aromatic rings. The Kier molecular flexibility index (Phi) is 5.92. The molecule has 26 heavy (non-hydrogen) atoms. The average molecular weight is 391 g/mol. The van der Waals surface area contributed by atoms with Crippen LogP contribution in [-0.4, -0.2) is 42.1 Å². The molecule has 0 fully saturated rings. The Morgan fingerprint density at radius 1 is 1.23 bits per heavy atom. The zero-order valence-corrected chi connectivity index (χ0v) is 15.9. The van der Waals surface area contributed by atoms with E-state index in [1.54, 1.807) is 12.5 Å². The number of para-hydroxylation sites is 1. The van der Waals surface area contributed by atoms with Crippen LogP contribution in [0.5, 0.6) is 0 Å². The average Bonchev–Trinajstić information content (AvgIpc) is 3.27. The number of methoxy groups -OCH3 is 1. The fourth-order valence-electron chi connectivity index (χ4n) is 2.27. The van der Waals surface area contributed by atoms with E-state index in [-0.39, 0.29) is 18.2 Å². The molecule has 2 heterocycles. The van der Waals surface area contributed by atoms with Gasteiger partial charge in [-0.15, -0.1) is 11.3 Å². The smallest absolute Gasteiger partial charge is 0.358 e. The monoisotopic (exact) mass is 391 g/mol. The molecule has 1 aromatic carbocycles. The summed E-state index contributed by atoms with van der Waals surface area (Å²) in [5, 5.41) is 2.85. The fraction of sp³-hybridized carbons (Fsp3) is 0.294. The molecule has 1 amide bonds. The number of thiazole rings is 2. The van der Waals surface area contributed by atoms with Crippen molar-refractivity contribution < 1.29 is 19.1 Å². The number of fused-ring (bicyclic) bond motifs is 1. The summed E-state index contributed by atoms with van der Waals surface area (Å²) < 4.78 is 11.1. The van der Waals surface area contributed by atoms with E-state index in [1.807, 2.05) is 31.2 Å². The topological polar surface area (TPSA) is 81.6 Å². The minimum Gasteiger partial charge on any atom is -0.451 e. The van der Waals surface area contributed by atoms with Gasteiger partial charge >= 0.3 is 5.97 Å². The number of carbonyl (C=O) groups is 2. The summed E-state index contributed by atoms with van der Waals surface area (Å²) in [6.07, 6.45) is 0.